The van der Waals surface area contributed by atoms with Gasteiger partial charge in [-0.1, -0.05) is 6.07 Å². The van der Waals surface area contributed by atoms with Crippen molar-refractivity contribution in [2.45, 2.75) is 19.4 Å². The summed E-state index contributed by atoms with van der Waals surface area (Å²) in [5.41, 5.74) is 0.496. The average molecular weight is 339 g/mol. The number of nitrogens with zero attached hydrogens (tertiary/aromatic N) is 4. The van der Waals surface area contributed by atoms with Gasteiger partial charge < -0.3 is 10.2 Å². The summed E-state index contributed by atoms with van der Waals surface area (Å²) in [4.78, 5) is 29.4. The Labute approximate surface area is 143 Å². The number of likely N-dealkylation sites (tertiary alicyclic amines) is 1. The van der Waals surface area contributed by atoms with E-state index in [0.29, 0.717) is 12.2 Å². The number of rotatable bonds is 3. The highest BCUT2D eigenvalue weighted by atomic mass is 32.1. The molecular weight excluding hydrogens is 322 g/mol. The van der Waals surface area contributed by atoms with E-state index in [-0.39, 0.29) is 11.9 Å². The van der Waals surface area contributed by atoms with Gasteiger partial charge in [0.05, 0.1) is 5.39 Å². The Kier molecular flexibility index (Phi) is 3.86. The number of aryl methyl sites for hydroxylation is 1. The predicted octanol–water partition coefficient (Wildman–Crippen LogP) is 2.72. The normalized spacial score (nSPS) is 17.4. The second kappa shape index (κ2) is 6.16. The molecule has 4 rings (SSSR count). The average Bonchev–Trinajstić information content (AvgIpc) is 3.21. The molecule has 0 radical (unpaired) electrons. The van der Waals surface area contributed by atoms with Crippen molar-refractivity contribution in [3.63, 3.8) is 0 Å². The van der Waals surface area contributed by atoms with E-state index in [1.54, 1.807) is 29.9 Å². The number of amides is 1. The lowest BCUT2D eigenvalue weighted by Crippen LogP contribution is -2.32. The van der Waals surface area contributed by atoms with Crippen LogP contribution >= 0.6 is 11.3 Å². The van der Waals surface area contributed by atoms with Crippen LogP contribution in [0.15, 0.2) is 36.8 Å². The zero-order chi connectivity index (χ0) is 16.5. The molecule has 0 saturated carbocycles. The van der Waals surface area contributed by atoms with Crippen LogP contribution in [0.3, 0.4) is 0 Å². The van der Waals surface area contributed by atoms with Crippen LogP contribution in [-0.2, 0) is 0 Å². The fourth-order valence-corrected chi connectivity index (χ4v) is 3.85. The third-order valence-corrected chi connectivity index (χ3v) is 5.11. The van der Waals surface area contributed by atoms with Gasteiger partial charge in [-0.05, 0) is 31.5 Å². The maximum absolute atomic E-state index is 12.5. The van der Waals surface area contributed by atoms with E-state index >= 15 is 0 Å². The maximum atomic E-state index is 12.5. The molecule has 0 bridgehead atoms. The quantitative estimate of drug-likeness (QED) is 0.794. The van der Waals surface area contributed by atoms with Crippen LogP contribution in [0.1, 0.15) is 21.8 Å². The minimum absolute atomic E-state index is 0.0147. The smallest absolute Gasteiger partial charge is 0.272 e. The molecular formula is C17H17N5OS. The second-order valence-corrected chi connectivity index (χ2v) is 7.13. The van der Waals surface area contributed by atoms with Gasteiger partial charge in [0.25, 0.3) is 5.91 Å². The van der Waals surface area contributed by atoms with Gasteiger partial charge in [0, 0.05) is 30.2 Å². The van der Waals surface area contributed by atoms with Crippen molar-refractivity contribution in [1.82, 2.24) is 19.9 Å². The number of aromatic nitrogens is 3. The molecule has 1 saturated heterocycles. The van der Waals surface area contributed by atoms with Crippen LogP contribution in [0.5, 0.6) is 0 Å². The van der Waals surface area contributed by atoms with Crippen LogP contribution in [0, 0.1) is 6.92 Å². The Morgan fingerprint density at radius 3 is 3.08 bits per heavy atom. The summed E-state index contributed by atoms with van der Waals surface area (Å²) in [6.45, 7) is 3.45. The number of fused-ring (bicyclic) bond motifs is 1. The lowest BCUT2D eigenvalue weighted by atomic mass is 10.2. The number of nitrogens with one attached hydrogen (secondary N) is 1. The molecule has 0 aliphatic carbocycles. The van der Waals surface area contributed by atoms with Crippen molar-refractivity contribution >= 4 is 33.3 Å². The summed E-state index contributed by atoms with van der Waals surface area (Å²) in [6.07, 6.45) is 4.13. The van der Waals surface area contributed by atoms with Gasteiger partial charge in [-0.3, -0.25) is 9.78 Å². The fraction of sp³-hybridized carbons (Fsp3) is 0.294. The van der Waals surface area contributed by atoms with Crippen LogP contribution in [-0.4, -0.2) is 44.9 Å². The minimum atomic E-state index is -0.0147. The Bertz CT molecular complexity index is 879. The first-order valence-corrected chi connectivity index (χ1v) is 8.70. The van der Waals surface area contributed by atoms with Gasteiger partial charge in [-0.25, -0.2) is 9.97 Å². The molecule has 0 aromatic carbocycles. The number of carbonyl (C=O) groups is 1. The Morgan fingerprint density at radius 1 is 1.33 bits per heavy atom. The minimum Gasteiger partial charge on any atom is -0.365 e. The summed E-state index contributed by atoms with van der Waals surface area (Å²) in [7, 11) is 0. The molecule has 6 nitrogen and oxygen atoms in total. The van der Waals surface area contributed by atoms with Crippen LogP contribution in [0.2, 0.25) is 0 Å². The molecule has 1 fully saturated rings. The monoisotopic (exact) mass is 339 g/mol. The Hall–Kier alpha value is -2.54. The van der Waals surface area contributed by atoms with Gasteiger partial charge in [0.15, 0.2) is 0 Å². The topological polar surface area (TPSA) is 71.0 Å². The van der Waals surface area contributed by atoms with E-state index in [4.69, 9.17) is 0 Å². The van der Waals surface area contributed by atoms with Gasteiger partial charge in [-0.15, -0.1) is 11.3 Å². The van der Waals surface area contributed by atoms with Crippen molar-refractivity contribution in [1.29, 1.82) is 0 Å². The van der Waals surface area contributed by atoms with E-state index < -0.39 is 0 Å². The number of anilines is 1. The van der Waals surface area contributed by atoms with E-state index in [1.807, 2.05) is 17.0 Å². The number of carbonyl (C=O) groups excluding carboxylic acids is 1. The molecule has 1 N–H and O–H groups in total. The van der Waals surface area contributed by atoms with Gasteiger partial charge in [-0.2, -0.15) is 0 Å². The van der Waals surface area contributed by atoms with E-state index in [9.17, 15) is 4.79 Å². The highest BCUT2D eigenvalue weighted by Crippen LogP contribution is 2.28. The van der Waals surface area contributed by atoms with Crippen LogP contribution < -0.4 is 5.32 Å². The maximum Gasteiger partial charge on any atom is 0.272 e. The first kappa shape index (κ1) is 15.0. The summed E-state index contributed by atoms with van der Waals surface area (Å²) in [5.74, 6) is 0.834. The SMILES string of the molecule is Cc1cc2c(N[C@H]3CCN(C(=O)c4ccccn4)C3)ncnc2s1. The van der Waals surface area contributed by atoms with Gasteiger partial charge in [0.2, 0.25) is 0 Å². The largest absolute Gasteiger partial charge is 0.365 e. The van der Waals surface area contributed by atoms with Gasteiger partial charge in [0.1, 0.15) is 22.7 Å². The molecule has 1 amide bonds. The van der Waals surface area contributed by atoms with Crippen molar-refractivity contribution in [2.24, 2.45) is 0 Å². The second-order valence-electron chi connectivity index (χ2n) is 5.89. The van der Waals surface area contributed by atoms with E-state index in [0.717, 1.165) is 29.0 Å². The zero-order valence-electron chi connectivity index (χ0n) is 13.3. The standard InChI is InChI=1S/C17H17N5OS/c1-11-8-13-15(19-10-20-16(13)24-11)21-12-5-7-22(9-12)17(23)14-4-2-3-6-18-14/h2-4,6,8,10,12H,5,7,9H2,1H3,(H,19,20,21)/t12-/m0/s1. The predicted molar refractivity (Wildman–Crippen MR) is 94.3 cm³/mol. The van der Waals surface area contributed by atoms with Crippen molar-refractivity contribution in [3.05, 3.63) is 47.4 Å². The van der Waals surface area contributed by atoms with Gasteiger partial charge >= 0.3 is 0 Å². The summed E-state index contributed by atoms with van der Waals surface area (Å²) in [5, 5.41) is 4.53. The Balaban J connectivity index is 1.48. The molecule has 1 atom stereocenters. The van der Waals surface area contributed by atoms with Crippen molar-refractivity contribution in [3.8, 4) is 0 Å². The first-order chi connectivity index (χ1) is 11.7. The van der Waals surface area contributed by atoms with Crippen LogP contribution in [0.4, 0.5) is 5.82 Å². The highest BCUT2D eigenvalue weighted by Gasteiger charge is 2.28. The number of thiophene rings is 1. The number of hydrogen-bond acceptors (Lipinski definition) is 6. The number of pyridine rings is 1. The van der Waals surface area contributed by atoms with E-state index in [1.165, 1.54) is 4.88 Å². The van der Waals surface area contributed by atoms with Crippen molar-refractivity contribution in [2.75, 3.05) is 18.4 Å². The molecule has 7 heteroatoms. The van der Waals surface area contributed by atoms with Crippen LogP contribution in [0.25, 0.3) is 10.2 Å². The molecule has 122 valence electrons. The molecule has 3 aromatic heterocycles. The first-order valence-electron chi connectivity index (χ1n) is 7.89. The molecule has 0 spiro atoms. The number of hydrogen-bond donors (Lipinski definition) is 1. The fourth-order valence-electron chi connectivity index (χ4n) is 3.00. The molecule has 3 aromatic rings. The molecule has 1 aliphatic rings. The third kappa shape index (κ3) is 2.82. The lowest BCUT2D eigenvalue weighted by Gasteiger charge is -2.17. The van der Waals surface area contributed by atoms with E-state index in [2.05, 4.69) is 33.3 Å². The third-order valence-electron chi connectivity index (χ3n) is 4.15. The lowest BCUT2D eigenvalue weighted by molar-refractivity contribution is 0.0786. The molecule has 4 heterocycles. The summed E-state index contributed by atoms with van der Waals surface area (Å²) < 4.78 is 0. The molecule has 0 unspecified atom stereocenters. The molecule has 24 heavy (non-hydrogen) atoms. The zero-order valence-corrected chi connectivity index (χ0v) is 14.1. The summed E-state index contributed by atoms with van der Waals surface area (Å²) >= 11 is 1.66. The Morgan fingerprint density at radius 2 is 2.25 bits per heavy atom. The molecule has 1 aliphatic heterocycles. The van der Waals surface area contributed by atoms with Crippen molar-refractivity contribution < 1.29 is 4.79 Å². The highest BCUT2D eigenvalue weighted by molar-refractivity contribution is 7.18. The summed E-state index contributed by atoms with van der Waals surface area (Å²) in [6, 6.07) is 7.70.